The Morgan fingerprint density at radius 1 is 1.25 bits per heavy atom. The molecule has 0 radical (unpaired) electrons. The summed E-state index contributed by atoms with van der Waals surface area (Å²) in [4.78, 5) is 14.0. The van der Waals surface area contributed by atoms with Crippen molar-refractivity contribution < 1.29 is 14.3 Å². The van der Waals surface area contributed by atoms with Crippen molar-refractivity contribution in [1.29, 1.82) is 0 Å². The molecule has 0 spiro atoms. The van der Waals surface area contributed by atoms with E-state index in [2.05, 4.69) is 0 Å². The lowest BCUT2D eigenvalue weighted by molar-refractivity contribution is -0.142. The molecular formula is C16H20FNO2. The molecule has 0 bridgehead atoms. The molecule has 3 rings (SSSR count). The van der Waals surface area contributed by atoms with E-state index in [4.69, 9.17) is 0 Å². The SMILES string of the molecule is O=C(C1CCC1)N1CCC(O)(c2ccccc2F)CC1. The predicted molar refractivity (Wildman–Crippen MR) is 73.5 cm³/mol. The second kappa shape index (κ2) is 5.17. The van der Waals surface area contributed by atoms with Crippen LogP contribution in [0, 0.1) is 11.7 Å². The first-order valence-corrected chi connectivity index (χ1v) is 7.36. The summed E-state index contributed by atoms with van der Waals surface area (Å²) < 4.78 is 13.8. The summed E-state index contributed by atoms with van der Waals surface area (Å²) in [7, 11) is 0. The molecule has 1 amide bonds. The Bertz CT molecular complexity index is 505. The summed E-state index contributed by atoms with van der Waals surface area (Å²) in [5.41, 5.74) is -0.780. The van der Waals surface area contributed by atoms with Crippen molar-refractivity contribution in [3.63, 3.8) is 0 Å². The van der Waals surface area contributed by atoms with Gasteiger partial charge in [-0.25, -0.2) is 4.39 Å². The van der Waals surface area contributed by atoms with E-state index in [9.17, 15) is 14.3 Å². The highest BCUT2D eigenvalue weighted by molar-refractivity contribution is 5.79. The highest BCUT2D eigenvalue weighted by atomic mass is 19.1. The maximum atomic E-state index is 13.8. The lowest BCUT2D eigenvalue weighted by Gasteiger charge is -2.41. The van der Waals surface area contributed by atoms with Crippen molar-refractivity contribution in [3.05, 3.63) is 35.6 Å². The Morgan fingerprint density at radius 3 is 2.45 bits per heavy atom. The molecular weight excluding hydrogens is 257 g/mol. The number of amides is 1. The van der Waals surface area contributed by atoms with Gasteiger partial charge in [-0.2, -0.15) is 0 Å². The van der Waals surface area contributed by atoms with Crippen molar-refractivity contribution >= 4 is 5.91 Å². The van der Waals surface area contributed by atoms with Gasteiger partial charge in [0.05, 0.1) is 5.60 Å². The van der Waals surface area contributed by atoms with Crippen LogP contribution < -0.4 is 0 Å². The first kappa shape index (κ1) is 13.6. The smallest absolute Gasteiger partial charge is 0.225 e. The number of rotatable bonds is 2. The van der Waals surface area contributed by atoms with Gasteiger partial charge in [0.2, 0.25) is 5.91 Å². The third-order valence-corrected chi connectivity index (χ3v) is 4.73. The summed E-state index contributed by atoms with van der Waals surface area (Å²) in [6.45, 7) is 1.03. The minimum atomic E-state index is -1.14. The lowest BCUT2D eigenvalue weighted by atomic mass is 9.81. The van der Waals surface area contributed by atoms with Crippen molar-refractivity contribution in [2.24, 2.45) is 5.92 Å². The van der Waals surface area contributed by atoms with Crippen LogP contribution in [0.3, 0.4) is 0 Å². The number of aliphatic hydroxyl groups is 1. The molecule has 1 aliphatic carbocycles. The summed E-state index contributed by atoms with van der Waals surface area (Å²) in [6.07, 6.45) is 3.95. The predicted octanol–water partition coefficient (Wildman–Crippen LogP) is 2.44. The molecule has 4 heteroatoms. The quantitative estimate of drug-likeness (QED) is 0.902. The largest absolute Gasteiger partial charge is 0.385 e. The number of likely N-dealkylation sites (tertiary alicyclic amines) is 1. The van der Waals surface area contributed by atoms with Gasteiger partial charge in [0.1, 0.15) is 5.82 Å². The first-order chi connectivity index (χ1) is 9.60. The third kappa shape index (κ3) is 2.33. The van der Waals surface area contributed by atoms with Gasteiger partial charge in [0.15, 0.2) is 0 Å². The maximum Gasteiger partial charge on any atom is 0.225 e. The second-order valence-corrected chi connectivity index (χ2v) is 5.96. The fourth-order valence-electron chi connectivity index (χ4n) is 3.12. The highest BCUT2D eigenvalue weighted by Crippen LogP contribution is 2.36. The van der Waals surface area contributed by atoms with Gasteiger partial charge in [0.25, 0.3) is 0 Å². The van der Waals surface area contributed by atoms with Gasteiger partial charge in [-0.05, 0) is 31.7 Å². The first-order valence-electron chi connectivity index (χ1n) is 7.36. The number of hydrogen-bond acceptors (Lipinski definition) is 2. The normalized spacial score (nSPS) is 22.4. The number of hydrogen-bond donors (Lipinski definition) is 1. The van der Waals surface area contributed by atoms with Crippen molar-refractivity contribution in [1.82, 2.24) is 4.90 Å². The summed E-state index contributed by atoms with van der Waals surface area (Å²) in [5, 5.41) is 10.7. The second-order valence-electron chi connectivity index (χ2n) is 5.96. The van der Waals surface area contributed by atoms with Crippen molar-refractivity contribution in [2.75, 3.05) is 13.1 Å². The molecule has 1 saturated carbocycles. The third-order valence-electron chi connectivity index (χ3n) is 4.73. The van der Waals surface area contributed by atoms with Gasteiger partial charge in [-0.15, -0.1) is 0 Å². The van der Waals surface area contributed by atoms with E-state index in [-0.39, 0.29) is 17.6 Å². The van der Waals surface area contributed by atoms with Crippen LogP contribution in [0.2, 0.25) is 0 Å². The Balaban J connectivity index is 1.68. The van der Waals surface area contributed by atoms with Crippen LogP contribution in [0.4, 0.5) is 4.39 Å². The minimum Gasteiger partial charge on any atom is -0.385 e. The number of piperidine rings is 1. The average Bonchev–Trinajstić information content (AvgIpc) is 2.38. The Labute approximate surface area is 118 Å². The van der Waals surface area contributed by atoms with Gasteiger partial charge >= 0.3 is 0 Å². The number of carbonyl (C=O) groups excluding carboxylic acids is 1. The zero-order valence-corrected chi connectivity index (χ0v) is 11.5. The average molecular weight is 277 g/mol. The van der Waals surface area contributed by atoms with Crippen molar-refractivity contribution in [2.45, 2.75) is 37.7 Å². The monoisotopic (exact) mass is 277 g/mol. The molecule has 1 saturated heterocycles. The van der Waals surface area contributed by atoms with E-state index in [0.717, 1.165) is 19.3 Å². The Morgan fingerprint density at radius 2 is 1.90 bits per heavy atom. The minimum absolute atomic E-state index is 0.189. The zero-order chi connectivity index (χ0) is 14.2. The number of benzene rings is 1. The van der Waals surface area contributed by atoms with Crippen LogP contribution in [0.25, 0.3) is 0 Å². The van der Waals surface area contributed by atoms with Crippen LogP contribution >= 0.6 is 0 Å². The Kier molecular flexibility index (Phi) is 3.50. The summed E-state index contributed by atoms with van der Waals surface area (Å²) in [5.74, 6) is 0.0373. The number of carbonyl (C=O) groups is 1. The molecule has 1 aromatic carbocycles. The molecule has 0 unspecified atom stereocenters. The highest BCUT2D eigenvalue weighted by Gasteiger charge is 2.39. The lowest BCUT2D eigenvalue weighted by Crippen LogP contribution is -2.48. The molecule has 3 nitrogen and oxygen atoms in total. The maximum absolute atomic E-state index is 13.8. The van der Waals surface area contributed by atoms with E-state index in [0.29, 0.717) is 31.5 Å². The van der Waals surface area contributed by atoms with E-state index < -0.39 is 5.60 Å². The number of nitrogens with zero attached hydrogens (tertiary/aromatic N) is 1. The van der Waals surface area contributed by atoms with Gasteiger partial charge in [0, 0.05) is 24.6 Å². The Hall–Kier alpha value is -1.42. The molecule has 1 heterocycles. The molecule has 2 aliphatic rings. The van der Waals surface area contributed by atoms with E-state index >= 15 is 0 Å². The molecule has 0 atom stereocenters. The zero-order valence-electron chi connectivity index (χ0n) is 11.5. The fourth-order valence-corrected chi connectivity index (χ4v) is 3.12. The van der Waals surface area contributed by atoms with Gasteiger partial charge < -0.3 is 10.0 Å². The molecule has 1 aromatic rings. The van der Waals surface area contributed by atoms with E-state index in [1.165, 1.54) is 6.07 Å². The molecule has 2 fully saturated rings. The van der Waals surface area contributed by atoms with Gasteiger partial charge in [-0.1, -0.05) is 24.6 Å². The van der Waals surface area contributed by atoms with Crippen LogP contribution in [-0.2, 0) is 10.4 Å². The van der Waals surface area contributed by atoms with Crippen LogP contribution in [0.5, 0.6) is 0 Å². The molecule has 1 N–H and O–H groups in total. The molecule has 108 valence electrons. The number of halogens is 1. The molecule has 20 heavy (non-hydrogen) atoms. The van der Waals surface area contributed by atoms with Crippen molar-refractivity contribution in [3.8, 4) is 0 Å². The summed E-state index contributed by atoms with van der Waals surface area (Å²) >= 11 is 0. The van der Waals surface area contributed by atoms with Gasteiger partial charge in [-0.3, -0.25) is 4.79 Å². The molecule has 1 aliphatic heterocycles. The molecule has 0 aromatic heterocycles. The van der Waals surface area contributed by atoms with Crippen LogP contribution in [-0.4, -0.2) is 29.0 Å². The summed E-state index contributed by atoms with van der Waals surface area (Å²) in [6, 6.07) is 6.37. The fraction of sp³-hybridized carbons (Fsp3) is 0.562. The van der Waals surface area contributed by atoms with E-state index in [1.54, 1.807) is 18.2 Å². The standard InChI is InChI=1S/C16H20FNO2/c17-14-7-2-1-6-13(14)16(20)8-10-18(11-9-16)15(19)12-4-3-5-12/h1-2,6-7,12,20H,3-5,8-11H2. The van der Waals surface area contributed by atoms with Crippen LogP contribution in [0.1, 0.15) is 37.7 Å². The topological polar surface area (TPSA) is 40.5 Å². The van der Waals surface area contributed by atoms with E-state index in [1.807, 2.05) is 4.90 Å². The van der Waals surface area contributed by atoms with Crippen LogP contribution in [0.15, 0.2) is 24.3 Å².